The molecule has 2 atom stereocenters. The van der Waals surface area contributed by atoms with Crippen LogP contribution in [0.3, 0.4) is 0 Å². The van der Waals surface area contributed by atoms with Gasteiger partial charge >= 0.3 is 0 Å². The minimum Gasteiger partial charge on any atom is -0.361 e. The molecule has 1 aromatic heterocycles. The Morgan fingerprint density at radius 2 is 2.11 bits per heavy atom. The Morgan fingerprint density at radius 3 is 2.89 bits per heavy atom. The van der Waals surface area contributed by atoms with E-state index >= 15 is 0 Å². The van der Waals surface area contributed by atoms with Crippen LogP contribution in [0.2, 0.25) is 0 Å². The zero-order chi connectivity index (χ0) is 13.4. The quantitative estimate of drug-likeness (QED) is 0.856. The first kappa shape index (κ1) is 12.5. The number of fused-ring (bicyclic) bond motifs is 1. The first-order valence-corrected chi connectivity index (χ1v) is 7.19. The molecular formula is C17H22N2. The molecule has 0 saturated heterocycles. The number of H-pyrrole nitrogens is 1. The molecule has 0 fully saturated rings. The fourth-order valence-corrected chi connectivity index (χ4v) is 3.18. The van der Waals surface area contributed by atoms with Crippen LogP contribution in [0.15, 0.2) is 36.5 Å². The smallest absolute Gasteiger partial charge is 0.0460 e. The van der Waals surface area contributed by atoms with Crippen LogP contribution >= 0.6 is 0 Å². The second-order valence-electron chi connectivity index (χ2n) is 5.61. The molecule has 2 unspecified atom stereocenters. The maximum atomic E-state index is 3.39. The van der Waals surface area contributed by atoms with Crippen molar-refractivity contribution in [1.82, 2.24) is 9.88 Å². The van der Waals surface area contributed by atoms with Crippen molar-refractivity contribution in [3.63, 3.8) is 0 Å². The van der Waals surface area contributed by atoms with E-state index in [1.807, 2.05) is 0 Å². The van der Waals surface area contributed by atoms with Crippen LogP contribution in [0.25, 0.3) is 16.5 Å². The summed E-state index contributed by atoms with van der Waals surface area (Å²) in [4.78, 5) is 5.87. The van der Waals surface area contributed by atoms with Crippen molar-refractivity contribution in [1.29, 1.82) is 0 Å². The lowest BCUT2D eigenvalue weighted by molar-refractivity contribution is 0.200. The van der Waals surface area contributed by atoms with Crippen molar-refractivity contribution in [3.8, 4) is 0 Å². The number of hydrogen-bond acceptors (Lipinski definition) is 1. The van der Waals surface area contributed by atoms with Gasteiger partial charge in [-0.2, -0.15) is 0 Å². The average molecular weight is 254 g/mol. The number of benzene rings is 1. The largest absolute Gasteiger partial charge is 0.361 e. The van der Waals surface area contributed by atoms with Gasteiger partial charge in [0, 0.05) is 34.7 Å². The van der Waals surface area contributed by atoms with Gasteiger partial charge < -0.3 is 4.98 Å². The van der Waals surface area contributed by atoms with Crippen LogP contribution in [0.1, 0.15) is 32.3 Å². The summed E-state index contributed by atoms with van der Waals surface area (Å²) in [7, 11) is 2.24. The molecule has 1 aliphatic rings. The van der Waals surface area contributed by atoms with E-state index in [9.17, 15) is 0 Å². The minimum atomic E-state index is 0.516. The molecule has 0 amide bonds. The molecule has 1 N–H and O–H groups in total. The van der Waals surface area contributed by atoms with E-state index in [2.05, 4.69) is 67.3 Å². The highest BCUT2D eigenvalue weighted by atomic mass is 15.2. The summed E-state index contributed by atoms with van der Waals surface area (Å²) in [5, 5.41) is 1.35. The molecule has 2 aromatic rings. The number of hydrogen-bond donors (Lipinski definition) is 1. The number of likely N-dealkylation sites (N-methyl/N-ethyl adjacent to an activating group) is 1. The third-order valence-corrected chi connectivity index (χ3v) is 4.52. The lowest BCUT2D eigenvalue weighted by atomic mass is 9.90. The number of nitrogens with zero attached hydrogens (tertiary/aromatic N) is 1. The predicted octanol–water partition coefficient (Wildman–Crippen LogP) is 4.05. The molecule has 1 aromatic carbocycles. The fourth-order valence-electron chi connectivity index (χ4n) is 3.18. The van der Waals surface area contributed by atoms with Crippen LogP contribution in [-0.2, 0) is 0 Å². The number of nitrogens with one attached hydrogen (secondary N) is 1. The molecule has 0 saturated carbocycles. The van der Waals surface area contributed by atoms with Gasteiger partial charge in [0.15, 0.2) is 0 Å². The van der Waals surface area contributed by atoms with Gasteiger partial charge in [0.2, 0.25) is 0 Å². The Labute approximate surface area is 115 Å². The molecule has 0 spiro atoms. The molecule has 0 radical (unpaired) electrons. The molecule has 3 rings (SSSR count). The van der Waals surface area contributed by atoms with E-state index in [-0.39, 0.29) is 0 Å². The topological polar surface area (TPSA) is 19.0 Å². The van der Waals surface area contributed by atoms with Crippen molar-refractivity contribution in [2.75, 3.05) is 7.05 Å². The van der Waals surface area contributed by atoms with E-state index in [1.54, 1.807) is 0 Å². The van der Waals surface area contributed by atoms with Gasteiger partial charge in [0.1, 0.15) is 0 Å². The average Bonchev–Trinajstić information content (AvgIpc) is 2.85. The van der Waals surface area contributed by atoms with Gasteiger partial charge in [-0.15, -0.1) is 0 Å². The van der Waals surface area contributed by atoms with Crippen LogP contribution in [0, 0.1) is 0 Å². The van der Waals surface area contributed by atoms with Crippen LogP contribution < -0.4 is 0 Å². The SMILES string of the molecule is CCC1CC(c2c[nH]c3ccccc23)=CC(C)N1C. The molecule has 19 heavy (non-hydrogen) atoms. The Bertz CT molecular complexity index is 609. The maximum Gasteiger partial charge on any atom is 0.0460 e. The Balaban J connectivity index is 2.04. The Hall–Kier alpha value is -1.54. The van der Waals surface area contributed by atoms with Crippen LogP contribution in [0.5, 0.6) is 0 Å². The van der Waals surface area contributed by atoms with Gasteiger partial charge in [0.05, 0.1) is 0 Å². The van der Waals surface area contributed by atoms with Gasteiger partial charge in [-0.25, -0.2) is 0 Å². The number of para-hydroxylation sites is 1. The summed E-state index contributed by atoms with van der Waals surface area (Å²) in [6.07, 6.45) is 6.95. The molecule has 0 aliphatic carbocycles. The van der Waals surface area contributed by atoms with Gasteiger partial charge in [-0.3, -0.25) is 4.90 Å². The van der Waals surface area contributed by atoms with E-state index in [0.29, 0.717) is 12.1 Å². The third-order valence-electron chi connectivity index (χ3n) is 4.52. The van der Waals surface area contributed by atoms with Crippen molar-refractivity contribution >= 4 is 16.5 Å². The predicted molar refractivity (Wildman–Crippen MR) is 82.2 cm³/mol. The summed E-state index contributed by atoms with van der Waals surface area (Å²) in [5.41, 5.74) is 4.11. The Morgan fingerprint density at radius 1 is 1.32 bits per heavy atom. The highest BCUT2D eigenvalue weighted by Crippen LogP contribution is 2.33. The highest BCUT2D eigenvalue weighted by Gasteiger charge is 2.25. The highest BCUT2D eigenvalue weighted by molar-refractivity contribution is 5.92. The van der Waals surface area contributed by atoms with Crippen molar-refractivity contribution in [3.05, 3.63) is 42.1 Å². The molecule has 1 aliphatic heterocycles. The molecule has 100 valence electrons. The van der Waals surface area contributed by atoms with Crippen molar-refractivity contribution in [2.24, 2.45) is 0 Å². The second-order valence-corrected chi connectivity index (χ2v) is 5.61. The van der Waals surface area contributed by atoms with E-state index in [1.165, 1.54) is 28.5 Å². The minimum absolute atomic E-state index is 0.516. The third kappa shape index (κ3) is 2.10. The number of aromatic nitrogens is 1. The standard InChI is InChI=1S/C17H22N2/c1-4-14-10-13(9-12(2)19(14)3)16-11-18-17-8-6-5-7-15(16)17/h5-9,11-12,14,18H,4,10H2,1-3H3. The number of aromatic amines is 1. The monoisotopic (exact) mass is 254 g/mol. The van der Waals surface area contributed by atoms with Gasteiger partial charge in [0.25, 0.3) is 0 Å². The van der Waals surface area contributed by atoms with E-state index in [4.69, 9.17) is 0 Å². The maximum absolute atomic E-state index is 3.39. The van der Waals surface area contributed by atoms with E-state index in [0.717, 1.165) is 6.42 Å². The lowest BCUT2D eigenvalue weighted by Gasteiger charge is -2.36. The van der Waals surface area contributed by atoms with Crippen molar-refractivity contribution in [2.45, 2.75) is 38.8 Å². The summed E-state index contributed by atoms with van der Waals surface area (Å²) in [6.45, 7) is 4.57. The zero-order valence-corrected chi connectivity index (χ0v) is 12.0. The second kappa shape index (κ2) is 4.86. The van der Waals surface area contributed by atoms with Gasteiger partial charge in [-0.1, -0.05) is 31.2 Å². The van der Waals surface area contributed by atoms with Crippen LogP contribution in [-0.4, -0.2) is 29.0 Å². The van der Waals surface area contributed by atoms with Gasteiger partial charge in [-0.05, 0) is 38.5 Å². The molecule has 2 heterocycles. The first-order valence-electron chi connectivity index (χ1n) is 7.19. The summed E-state index contributed by atoms with van der Waals surface area (Å²) < 4.78 is 0. The van der Waals surface area contributed by atoms with Crippen LogP contribution in [0.4, 0.5) is 0 Å². The first-order chi connectivity index (χ1) is 9.20. The molecule has 2 heteroatoms. The fraction of sp³-hybridized carbons (Fsp3) is 0.412. The molecular weight excluding hydrogens is 232 g/mol. The lowest BCUT2D eigenvalue weighted by Crippen LogP contribution is -2.40. The summed E-state index contributed by atoms with van der Waals surface area (Å²) >= 11 is 0. The molecule has 2 nitrogen and oxygen atoms in total. The van der Waals surface area contributed by atoms with E-state index < -0.39 is 0 Å². The summed E-state index contributed by atoms with van der Waals surface area (Å²) in [5.74, 6) is 0. The normalized spacial score (nSPS) is 24.7. The Kier molecular flexibility index (Phi) is 3.19. The van der Waals surface area contributed by atoms with Crippen molar-refractivity contribution < 1.29 is 0 Å². The summed E-state index contributed by atoms with van der Waals surface area (Å²) in [6, 6.07) is 9.74. The zero-order valence-electron chi connectivity index (χ0n) is 12.0. The molecule has 0 bridgehead atoms. The number of rotatable bonds is 2.